The van der Waals surface area contributed by atoms with Crippen LogP contribution in [0.3, 0.4) is 0 Å². The number of hydrogen-bond donors (Lipinski definition) is 2. The zero-order valence-electron chi connectivity index (χ0n) is 14.8. The molecule has 1 rings (SSSR count). The molecule has 1 fully saturated rings. The molecule has 24 heavy (non-hydrogen) atoms. The van der Waals surface area contributed by atoms with Crippen LogP contribution in [0.25, 0.3) is 0 Å². The van der Waals surface area contributed by atoms with Crippen molar-refractivity contribution in [3.05, 3.63) is 0 Å². The number of nitrogens with zero attached hydrogens (tertiary/aromatic N) is 2. The molecular weight excluding hydrogens is 432 g/mol. The minimum absolute atomic E-state index is 0. The van der Waals surface area contributed by atoms with Crippen molar-refractivity contribution < 1.29 is 13.2 Å². The molecule has 0 aliphatic carbocycles. The van der Waals surface area contributed by atoms with Crippen LogP contribution < -0.4 is 10.6 Å². The number of nitrogens with one attached hydrogen (secondary N) is 2. The molecule has 4 nitrogen and oxygen atoms in total. The average Bonchev–Trinajstić information content (AvgIpc) is 2.49. The van der Waals surface area contributed by atoms with Crippen LogP contribution in [0.4, 0.5) is 13.2 Å². The summed E-state index contributed by atoms with van der Waals surface area (Å²) < 4.78 is 36.1. The van der Waals surface area contributed by atoms with Crippen LogP contribution in [0.2, 0.25) is 0 Å². The highest BCUT2D eigenvalue weighted by molar-refractivity contribution is 14.0. The van der Waals surface area contributed by atoms with Gasteiger partial charge in [0.15, 0.2) is 5.96 Å². The predicted octanol–water partition coefficient (Wildman–Crippen LogP) is 3.62. The number of piperidine rings is 1. The van der Waals surface area contributed by atoms with E-state index in [2.05, 4.69) is 27.4 Å². The summed E-state index contributed by atoms with van der Waals surface area (Å²) in [5, 5.41) is 6.27. The van der Waals surface area contributed by atoms with Crippen LogP contribution >= 0.6 is 24.0 Å². The smallest absolute Gasteiger partial charge is 0.356 e. The number of rotatable bonds is 8. The van der Waals surface area contributed by atoms with Gasteiger partial charge in [-0.15, -0.1) is 24.0 Å². The first-order valence-corrected chi connectivity index (χ1v) is 8.64. The molecule has 0 unspecified atom stereocenters. The molecule has 0 aromatic rings. The van der Waals surface area contributed by atoms with Gasteiger partial charge in [-0.1, -0.05) is 6.92 Å². The molecule has 0 bridgehead atoms. The minimum atomic E-state index is -4.05. The summed E-state index contributed by atoms with van der Waals surface area (Å²) in [6.45, 7) is 7.11. The summed E-state index contributed by atoms with van der Waals surface area (Å²) in [6, 6.07) is 0. The first-order chi connectivity index (χ1) is 10.9. The third-order valence-corrected chi connectivity index (χ3v) is 4.22. The number of likely N-dealkylation sites (tertiary alicyclic amines) is 1. The van der Waals surface area contributed by atoms with E-state index in [4.69, 9.17) is 0 Å². The molecule has 1 saturated heterocycles. The van der Waals surface area contributed by atoms with E-state index in [1.54, 1.807) is 7.05 Å². The van der Waals surface area contributed by atoms with Crippen LogP contribution in [0, 0.1) is 5.92 Å². The highest BCUT2D eigenvalue weighted by Crippen LogP contribution is 2.21. The normalized spacial score (nSPS) is 17.5. The second kappa shape index (κ2) is 13.0. The lowest BCUT2D eigenvalue weighted by Gasteiger charge is -2.30. The van der Waals surface area contributed by atoms with Gasteiger partial charge in [0.25, 0.3) is 0 Å². The molecule has 0 spiro atoms. The van der Waals surface area contributed by atoms with Gasteiger partial charge in [0, 0.05) is 26.6 Å². The Balaban J connectivity index is 0.00000529. The Bertz CT molecular complexity index is 343. The van der Waals surface area contributed by atoms with Crippen LogP contribution in [0.15, 0.2) is 4.99 Å². The molecule has 1 aliphatic rings. The fourth-order valence-corrected chi connectivity index (χ4v) is 2.67. The standard InChI is InChI=1S/C16H31F3N4.HI/c1-14-6-12-23(13-7-14)11-5-10-22-15(20-2)21-9-4-3-8-16(17,18)19;/h14H,3-13H2,1-2H3,(H2,20,21,22);1H. The zero-order valence-corrected chi connectivity index (χ0v) is 17.1. The van der Waals surface area contributed by atoms with Crippen molar-refractivity contribution in [3.63, 3.8) is 0 Å². The van der Waals surface area contributed by atoms with Crippen molar-refractivity contribution in [2.24, 2.45) is 10.9 Å². The first-order valence-electron chi connectivity index (χ1n) is 8.64. The lowest BCUT2D eigenvalue weighted by molar-refractivity contribution is -0.135. The third kappa shape index (κ3) is 12.2. The fraction of sp³-hybridized carbons (Fsp3) is 0.938. The highest BCUT2D eigenvalue weighted by atomic mass is 127. The van der Waals surface area contributed by atoms with Crippen molar-refractivity contribution in [3.8, 4) is 0 Å². The summed E-state index contributed by atoms with van der Waals surface area (Å²) in [4.78, 5) is 6.58. The maximum atomic E-state index is 12.0. The average molecular weight is 464 g/mol. The van der Waals surface area contributed by atoms with Crippen LogP contribution in [-0.2, 0) is 0 Å². The molecule has 144 valence electrons. The van der Waals surface area contributed by atoms with Gasteiger partial charge in [-0.3, -0.25) is 4.99 Å². The van der Waals surface area contributed by atoms with Crippen molar-refractivity contribution in [1.29, 1.82) is 0 Å². The van der Waals surface area contributed by atoms with Gasteiger partial charge in [-0.25, -0.2) is 0 Å². The maximum absolute atomic E-state index is 12.0. The zero-order chi connectivity index (χ0) is 17.1. The Labute approximate surface area is 161 Å². The lowest BCUT2D eigenvalue weighted by Crippen LogP contribution is -2.40. The molecule has 1 heterocycles. The summed E-state index contributed by atoms with van der Waals surface area (Å²) in [5.74, 6) is 1.52. The molecule has 8 heteroatoms. The summed E-state index contributed by atoms with van der Waals surface area (Å²) in [7, 11) is 1.68. The first kappa shape index (κ1) is 23.8. The molecule has 1 aliphatic heterocycles. The van der Waals surface area contributed by atoms with Crippen molar-refractivity contribution in [2.75, 3.05) is 39.8 Å². The fourth-order valence-electron chi connectivity index (χ4n) is 2.67. The van der Waals surface area contributed by atoms with Crippen molar-refractivity contribution >= 4 is 29.9 Å². The van der Waals surface area contributed by atoms with E-state index in [0.717, 1.165) is 25.4 Å². The molecule has 0 aromatic heterocycles. The molecule has 0 radical (unpaired) electrons. The van der Waals surface area contributed by atoms with E-state index in [1.807, 2.05) is 0 Å². The van der Waals surface area contributed by atoms with Crippen molar-refractivity contribution in [2.45, 2.75) is 51.6 Å². The molecule has 2 N–H and O–H groups in total. The van der Waals surface area contributed by atoms with Gasteiger partial charge in [0.05, 0.1) is 0 Å². The Morgan fingerprint density at radius 3 is 2.21 bits per heavy atom. The van der Waals surface area contributed by atoms with E-state index < -0.39 is 12.6 Å². The van der Waals surface area contributed by atoms with E-state index in [0.29, 0.717) is 18.9 Å². The predicted molar refractivity (Wildman–Crippen MR) is 104 cm³/mol. The summed E-state index contributed by atoms with van der Waals surface area (Å²) >= 11 is 0. The molecule has 0 amide bonds. The summed E-state index contributed by atoms with van der Waals surface area (Å²) in [6.07, 6.45) is -0.499. The van der Waals surface area contributed by atoms with E-state index in [1.165, 1.54) is 25.9 Å². The van der Waals surface area contributed by atoms with E-state index >= 15 is 0 Å². The van der Waals surface area contributed by atoms with Gasteiger partial charge in [0.1, 0.15) is 0 Å². The molecule has 0 atom stereocenters. The Kier molecular flexibility index (Phi) is 12.9. The Morgan fingerprint density at radius 1 is 1.08 bits per heavy atom. The van der Waals surface area contributed by atoms with Gasteiger partial charge >= 0.3 is 6.18 Å². The topological polar surface area (TPSA) is 39.7 Å². The molecule has 0 aromatic carbocycles. The van der Waals surface area contributed by atoms with Crippen molar-refractivity contribution in [1.82, 2.24) is 15.5 Å². The third-order valence-electron chi connectivity index (χ3n) is 4.22. The number of hydrogen-bond acceptors (Lipinski definition) is 2. The molecule has 0 saturated carbocycles. The SMILES string of the molecule is CN=C(NCCCCC(F)(F)F)NCCCN1CCC(C)CC1.I. The van der Waals surface area contributed by atoms with Gasteiger partial charge < -0.3 is 15.5 Å². The second-order valence-electron chi connectivity index (χ2n) is 6.38. The lowest BCUT2D eigenvalue weighted by atomic mass is 9.99. The van der Waals surface area contributed by atoms with Gasteiger partial charge in [0.2, 0.25) is 0 Å². The Morgan fingerprint density at radius 2 is 1.67 bits per heavy atom. The minimum Gasteiger partial charge on any atom is -0.356 e. The van der Waals surface area contributed by atoms with Crippen LogP contribution in [0.5, 0.6) is 0 Å². The van der Waals surface area contributed by atoms with Crippen LogP contribution in [0.1, 0.15) is 45.4 Å². The monoisotopic (exact) mass is 464 g/mol. The van der Waals surface area contributed by atoms with Gasteiger partial charge in [-0.05, 0) is 57.7 Å². The largest absolute Gasteiger partial charge is 0.389 e. The summed E-state index contributed by atoms with van der Waals surface area (Å²) in [5.41, 5.74) is 0. The maximum Gasteiger partial charge on any atom is 0.389 e. The number of halogens is 4. The quantitative estimate of drug-likeness (QED) is 0.250. The van der Waals surface area contributed by atoms with Crippen LogP contribution in [-0.4, -0.2) is 56.8 Å². The van der Waals surface area contributed by atoms with Gasteiger partial charge in [-0.2, -0.15) is 13.2 Å². The number of unbranched alkanes of at least 4 members (excludes halogenated alkanes) is 1. The number of aliphatic imine (C=N–C) groups is 1. The van der Waals surface area contributed by atoms with E-state index in [9.17, 15) is 13.2 Å². The molecular formula is C16H32F3IN4. The van der Waals surface area contributed by atoms with E-state index in [-0.39, 0.29) is 30.4 Å². The highest BCUT2D eigenvalue weighted by Gasteiger charge is 2.25. The Hall–Kier alpha value is -0.250. The number of guanidine groups is 1. The number of alkyl halides is 3. The second-order valence-corrected chi connectivity index (χ2v) is 6.38.